The third kappa shape index (κ3) is 4.52. The second-order valence-electron chi connectivity index (χ2n) is 6.37. The third-order valence-electron chi connectivity index (χ3n) is 4.20. The Hall–Kier alpha value is -3.43. The summed E-state index contributed by atoms with van der Waals surface area (Å²) in [6, 6.07) is 11.7. The lowest BCUT2D eigenvalue weighted by atomic mass is 10.2. The molecule has 0 spiro atoms. The van der Waals surface area contributed by atoms with Crippen LogP contribution < -0.4 is 10.6 Å². The Morgan fingerprint density at radius 3 is 2.58 bits per heavy atom. The summed E-state index contributed by atoms with van der Waals surface area (Å²) in [7, 11) is 0. The van der Waals surface area contributed by atoms with Gasteiger partial charge in [-0.3, -0.25) is 10.1 Å². The van der Waals surface area contributed by atoms with Crippen LogP contribution in [0.5, 0.6) is 0 Å². The molecule has 156 valence electrons. The zero-order chi connectivity index (χ0) is 22.1. The van der Waals surface area contributed by atoms with Crippen molar-refractivity contribution in [1.29, 1.82) is 0 Å². The van der Waals surface area contributed by atoms with Gasteiger partial charge in [-0.2, -0.15) is 0 Å². The van der Waals surface area contributed by atoms with E-state index in [0.717, 1.165) is 18.2 Å². The molecule has 3 aromatic carbocycles. The molecule has 4 rings (SSSR count). The number of aromatic nitrogens is 1. The number of oxazole rings is 1. The highest BCUT2D eigenvalue weighted by Gasteiger charge is 2.16. The van der Waals surface area contributed by atoms with E-state index in [1.807, 2.05) is 0 Å². The molecule has 10 heteroatoms. The number of fused-ring (bicyclic) bond motifs is 1. The first-order valence-corrected chi connectivity index (χ1v) is 9.52. The molecule has 0 aliphatic heterocycles. The van der Waals surface area contributed by atoms with Gasteiger partial charge in [0.1, 0.15) is 11.3 Å². The van der Waals surface area contributed by atoms with E-state index in [-0.39, 0.29) is 27.2 Å². The van der Waals surface area contributed by atoms with Crippen LogP contribution in [0.25, 0.3) is 22.6 Å². The molecular weight excluding hydrogens is 451 g/mol. The van der Waals surface area contributed by atoms with E-state index in [9.17, 15) is 18.0 Å². The number of carbonyl (C=O) groups excluding carboxylic acids is 1. The fourth-order valence-corrected chi connectivity index (χ4v) is 3.22. The van der Waals surface area contributed by atoms with Crippen LogP contribution in [0.3, 0.4) is 0 Å². The molecule has 0 saturated carbocycles. The van der Waals surface area contributed by atoms with E-state index in [1.54, 1.807) is 18.2 Å². The fourth-order valence-electron chi connectivity index (χ4n) is 2.77. The van der Waals surface area contributed by atoms with Gasteiger partial charge >= 0.3 is 0 Å². The minimum Gasteiger partial charge on any atom is -0.436 e. The highest BCUT2D eigenvalue weighted by atomic mass is 35.5. The van der Waals surface area contributed by atoms with Crippen LogP contribution in [0.15, 0.2) is 59.0 Å². The molecule has 2 N–H and O–H groups in total. The molecule has 0 radical (unpaired) electrons. The van der Waals surface area contributed by atoms with Gasteiger partial charge in [0.25, 0.3) is 5.91 Å². The summed E-state index contributed by atoms with van der Waals surface area (Å²) in [6.45, 7) is 0. The van der Waals surface area contributed by atoms with Crippen molar-refractivity contribution in [3.63, 3.8) is 0 Å². The van der Waals surface area contributed by atoms with Gasteiger partial charge in [-0.25, -0.2) is 18.2 Å². The first-order chi connectivity index (χ1) is 14.8. The van der Waals surface area contributed by atoms with Crippen molar-refractivity contribution < 1.29 is 22.4 Å². The number of halogens is 4. The number of nitrogens with zero attached hydrogens (tertiary/aromatic N) is 1. The van der Waals surface area contributed by atoms with Gasteiger partial charge in [0.05, 0.1) is 10.6 Å². The Bertz CT molecular complexity index is 1340. The van der Waals surface area contributed by atoms with Gasteiger partial charge in [-0.05, 0) is 60.7 Å². The number of anilines is 1. The van der Waals surface area contributed by atoms with Crippen molar-refractivity contribution in [1.82, 2.24) is 10.3 Å². The smallest absolute Gasteiger partial charge is 0.257 e. The van der Waals surface area contributed by atoms with E-state index in [4.69, 9.17) is 28.2 Å². The molecule has 31 heavy (non-hydrogen) atoms. The van der Waals surface area contributed by atoms with E-state index < -0.39 is 23.4 Å². The fraction of sp³-hybridized carbons (Fsp3) is 0. The number of nitrogens with one attached hydrogen (secondary N) is 2. The normalized spacial score (nSPS) is 10.8. The summed E-state index contributed by atoms with van der Waals surface area (Å²) < 4.78 is 45.7. The molecule has 0 saturated heterocycles. The van der Waals surface area contributed by atoms with E-state index >= 15 is 0 Å². The summed E-state index contributed by atoms with van der Waals surface area (Å²) in [5, 5.41) is 5.20. The van der Waals surface area contributed by atoms with Crippen molar-refractivity contribution in [3.05, 3.63) is 82.6 Å². The first-order valence-electron chi connectivity index (χ1n) is 8.73. The lowest BCUT2D eigenvalue weighted by Crippen LogP contribution is -2.34. The third-order valence-corrected chi connectivity index (χ3v) is 4.72. The largest absolute Gasteiger partial charge is 0.436 e. The lowest BCUT2D eigenvalue weighted by Gasteiger charge is -2.09. The average Bonchev–Trinajstić information content (AvgIpc) is 3.13. The van der Waals surface area contributed by atoms with Crippen molar-refractivity contribution in [3.8, 4) is 11.5 Å². The number of hydrogen-bond donors (Lipinski definition) is 2. The Morgan fingerprint density at radius 1 is 1.03 bits per heavy atom. The maximum Gasteiger partial charge on any atom is 0.257 e. The summed E-state index contributed by atoms with van der Waals surface area (Å²) in [4.78, 5) is 16.4. The Labute approximate surface area is 183 Å². The molecule has 0 bridgehead atoms. The van der Waals surface area contributed by atoms with Crippen LogP contribution in [-0.2, 0) is 0 Å². The second kappa shape index (κ2) is 8.37. The van der Waals surface area contributed by atoms with Crippen molar-refractivity contribution in [2.75, 3.05) is 5.32 Å². The molecule has 0 unspecified atom stereocenters. The highest BCUT2D eigenvalue weighted by molar-refractivity contribution is 7.80. The SMILES string of the molecule is O=C(NC(=S)Nc1ccc2oc(-c3cc(F)c(F)cc3Cl)nc2c1)c1cccc(F)c1. The van der Waals surface area contributed by atoms with Gasteiger partial charge in [0.15, 0.2) is 22.3 Å². The quantitative estimate of drug-likeness (QED) is 0.303. The Kier molecular flexibility index (Phi) is 5.62. The van der Waals surface area contributed by atoms with Crippen LogP contribution in [-0.4, -0.2) is 16.0 Å². The standard InChI is InChI=1S/C21H11ClF3N3O2S/c22-14-9-16(25)15(24)8-13(14)20-27-17-7-12(4-5-18(17)30-20)26-21(31)28-19(29)10-2-1-3-11(23)6-10/h1-9H,(H2,26,28,29,31). The van der Waals surface area contributed by atoms with Crippen LogP contribution >= 0.6 is 23.8 Å². The Balaban J connectivity index is 1.52. The molecule has 0 aliphatic rings. The summed E-state index contributed by atoms with van der Waals surface area (Å²) in [6.07, 6.45) is 0. The molecule has 1 amide bonds. The maximum absolute atomic E-state index is 13.6. The molecule has 0 aliphatic carbocycles. The van der Waals surface area contributed by atoms with Crippen LogP contribution in [0.1, 0.15) is 10.4 Å². The molecular formula is C21H11ClF3N3O2S. The van der Waals surface area contributed by atoms with Crippen molar-refractivity contribution >= 4 is 51.6 Å². The van der Waals surface area contributed by atoms with Crippen molar-refractivity contribution in [2.24, 2.45) is 0 Å². The minimum absolute atomic E-state index is 0.0121. The second-order valence-corrected chi connectivity index (χ2v) is 7.18. The zero-order valence-electron chi connectivity index (χ0n) is 15.4. The van der Waals surface area contributed by atoms with Crippen LogP contribution in [0, 0.1) is 17.5 Å². The number of amides is 1. The maximum atomic E-state index is 13.6. The van der Waals surface area contributed by atoms with E-state index in [1.165, 1.54) is 18.2 Å². The number of benzene rings is 3. The first kappa shape index (κ1) is 20.8. The van der Waals surface area contributed by atoms with Gasteiger partial charge in [-0.1, -0.05) is 17.7 Å². The van der Waals surface area contributed by atoms with Gasteiger partial charge < -0.3 is 9.73 Å². The molecule has 5 nitrogen and oxygen atoms in total. The van der Waals surface area contributed by atoms with Crippen LogP contribution in [0.2, 0.25) is 5.02 Å². The molecule has 0 atom stereocenters. The highest BCUT2D eigenvalue weighted by Crippen LogP contribution is 2.32. The van der Waals surface area contributed by atoms with Gasteiger partial charge in [0, 0.05) is 11.3 Å². The number of thiocarbonyl (C=S) groups is 1. The lowest BCUT2D eigenvalue weighted by molar-refractivity contribution is 0.0977. The van der Waals surface area contributed by atoms with E-state index in [2.05, 4.69) is 15.6 Å². The van der Waals surface area contributed by atoms with Crippen molar-refractivity contribution in [2.45, 2.75) is 0 Å². The topological polar surface area (TPSA) is 67.2 Å². The molecule has 1 heterocycles. The summed E-state index contributed by atoms with van der Waals surface area (Å²) >= 11 is 11.1. The van der Waals surface area contributed by atoms with Gasteiger partial charge in [-0.15, -0.1) is 0 Å². The number of hydrogen-bond acceptors (Lipinski definition) is 4. The van der Waals surface area contributed by atoms with E-state index in [0.29, 0.717) is 16.8 Å². The summed E-state index contributed by atoms with van der Waals surface area (Å²) in [5.41, 5.74) is 1.46. The Morgan fingerprint density at radius 2 is 1.81 bits per heavy atom. The zero-order valence-corrected chi connectivity index (χ0v) is 17.0. The predicted molar refractivity (Wildman–Crippen MR) is 114 cm³/mol. The minimum atomic E-state index is -1.08. The molecule has 4 aromatic rings. The number of carbonyl (C=O) groups is 1. The summed E-state index contributed by atoms with van der Waals surface area (Å²) in [5.74, 6) is -3.26. The van der Waals surface area contributed by atoms with Crippen LogP contribution in [0.4, 0.5) is 18.9 Å². The monoisotopic (exact) mass is 461 g/mol. The molecule has 1 aromatic heterocycles. The average molecular weight is 462 g/mol. The van der Waals surface area contributed by atoms with Gasteiger partial charge in [0.2, 0.25) is 5.89 Å². The molecule has 0 fully saturated rings. The number of rotatable bonds is 3. The predicted octanol–water partition coefficient (Wildman–Crippen LogP) is 5.69.